The Bertz CT molecular complexity index is 278. The Morgan fingerprint density at radius 1 is 1.14 bits per heavy atom. The molecular formula is C11H15NS2. The van der Waals surface area contributed by atoms with E-state index in [-0.39, 0.29) is 0 Å². The summed E-state index contributed by atoms with van der Waals surface area (Å²) in [6, 6.07) is 8.78. The van der Waals surface area contributed by atoms with E-state index >= 15 is 0 Å². The summed E-state index contributed by atoms with van der Waals surface area (Å²) >= 11 is 3.95. The van der Waals surface area contributed by atoms with Crippen LogP contribution in [-0.2, 0) is 0 Å². The van der Waals surface area contributed by atoms with E-state index in [1.54, 1.807) is 0 Å². The Kier molecular flexibility index (Phi) is 3.79. The van der Waals surface area contributed by atoms with Crippen molar-refractivity contribution < 1.29 is 0 Å². The monoisotopic (exact) mass is 225 g/mol. The molecule has 1 aliphatic heterocycles. The van der Waals surface area contributed by atoms with Gasteiger partial charge in [-0.15, -0.1) is 0 Å². The zero-order valence-electron chi connectivity index (χ0n) is 8.40. The third-order valence-electron chi connectivity index (χ3n) is 2.23. The zero-order valence-corrected chi connectivity index (χ0v) is 10.0. The van der Waals surface area contributed by atoms with Gasteiger partial charge in [0.15, 0.2) is 0 Å². The lowest BCUT2D eigenvalue weighted by molar-refractivity contribution is 0.522. The third kappa shape index (κ3) is 2.94. The van der Waals surface area contributed by atoms with Crippen LogP contribution in [0.4, 0.5) is 0 Å². The smallest absolute Gasteiger partial charge is 0.0230 e. The van der Waals surface area contributed by atoms with Crippen molar-refractivity contribution in [1.29, 1.82) is 0 Å². The fourth-order valence-corrected chi connectivity index (χ4v) is 3.44. The summed E-state index contributed by atoms with van der Waals surface area (Å²) in [6.45, 7) is 4.55. The van der Waals surface area contributed by atoms with Crippen molar-refractivity contribution in [3.63, 3.8) is 0 Å². The molecule has 1 heterocycles. The number of hydrogen-bond acceptors (Lipinski definition) is 3. The molecule has 0 atom stereocenters. The molecule has 0 aliphatic carbocycles. The van der Waals surface area contributed by atoms with E-state index < -0.39 is 0 Å². The van der Waals surface area contributed by atoms with Gasteiger partial charge in [-0.3, -0.25) is 0 Å². The van der Waals surface area contributed by atoms with Crippen LogP contribution in [0.5, 0.6) is 0 Å². The number of aryl methyl sites for hydroxylation is 1. The lowest BCUT2D eigenvalue weighted by atomic mass is 10.2. The van der Waals surface area contributed by atoms with Gasteiger partial charge in [0.05, 0.1) is 0 Å². The standard InChI is InChI=1S/C11H15NS2/c1-10-2-4-11(5-3-10)14-12-6-8-13-9-7-12/h2-5H,6-9H2,1H3. The molecule has 1 saturated heterocycles. The highest BCUT2D eigenvalue weighted by Crippen LogP contribution is 2.25. The van der Waals surface area contributed by atoms with Crippen molar-refractivity contribution in [2.45, 2.75) is 11.8 Å². The fraction of sp³-hybridized carbons (Fsp3) is 0.455. The lowest BCUT2D eigenvalue weighted by Crippen LogP contribution is -2.26. The molecule has 0 radical (unpaired) electrons. The molecule has 76 valence electrons. The van der Waals surface area contributed by atoms with Crippen molar-refractivity contribution in [1.82, 2.24) is 4.31 Å². The first-order chi connectivity index (χ1) is 6.84. The minimum Gasteiger partial charge on any atom is -0.245 e. The molecule has 1 nitrogen and oxygen atoms in total. The van der Waals surface area contributed by atoms with Gasteiger partial charge in [0.25, 0.3) is 0 Å². The number of nitrogens with zero attached hydrogens (tertiary/aromatic N) is 1. The topological polar surface area (TPSA) is 3.24 Å². The molecule has 0 saturated carbocycles. The average Bonchev–Trinajstić information content (AvgIpc) is 2.23. The molecule has 0 bridgehead atoms. The SMILES string of the molecule is Cc1ccc(SN2CCSCC2)cc1. The summed E-state index contributed by atoms with van der Waals surface area (Å²) in [5.74, 6) is 2.55. The van der Waals surface area contributed by atoms with Crippen LogP contribution in [0.15, 0.2) is 29.2 Å². The van der Waals surface area contributed by atoms with E-state index in [9.17, 15) is 0 Å². The van der Waals surface area contributed by atoms with Crippen LogP contribution >= 0.6 is 23.7 Å². The van der Waals surface area contributed by atoms with Crippen LogP contribution in [-0.4, -0.2) is 28.9 Å². The lowest BCUT2D eigenvalue weighted by Gasteiger charge is -2.24. The molecule has 0 N–H and O–H groups in total. The summed E-state index contributed by atoms with van der Waals surface area (Å²) in [5, 5.41) is 0. The molecule has 1 fully saturated rings. The highest BCUT2D eigenvalue weighted by molar-refractivity contribution is 8.00. The second-order valence-corrected chi connectivity index (χ2v) is 5.84. The second kappa shape index (κ2) is 5.10. The van der Waals surface area contributed by atoms with Crippen LogP contribution in [0.2, 0.25) is 0 Å². The van der Waals surface area contributed by atoms with Crippen LogP contribution in [0.1, 0.15) is 5.56 Å². The average molecular weight is 225 g/mol. The van der Waals surface area contributed by atoms with Crippen LogP contribution in [0.25, 0.3) is 0 Å². The normalized spacial score (nSPS) is 18.4. The predicted octanol–water partition coefficient (Wildman–Crippen LogP) is 3.05. The minimum atomic E-state index is 1.21. The van der Waals surface area contributed by atoms with Gasteiger partial charge in [0, 0.05) is 29.5 Å². The first-order valence-corrected chi connectivity index (χ1v) is 6.85. The van der Waals surface area contributed by atoms with E-state index in [2.05, 4.69) is 47.3 Å². The molecule has 1 aromatic rings. The highest BCUT2D eigenvalue weighted by Gasteiger charge is 2.10. The molecule has 1 aromatic carbocycles. The van der Waals surface area contributed by atoms with Crippen molar-refractivity contribution >= 4 is 23.7 Å². The van der Waals surface area contributed by atoms with Crippen LogP contribution < -0.4 is 0 Å². The molecule has 1 aliphatic rings. The predicted molar refractivity (Wildman–Crippen MR) is 65.9 cm³/mol. The first-order valence-electron chi connectivity index (χ1n) is 4.92. The molecule has 3 heteroatoms. The number of thioether (sulfide) groups is 1. The van der Waals surface area contributed by atoms with E-state index in [1.165, 1.54) is 35.1 Å². The van der Waals surface area contributed by atoms with Crippen molar-refractivity contribution in [2.75, 3.05) is 24.6 Å². The largest absolute Gasteiger partial charge is 0.245 e. The molecule has 0 amide bonds. The van der Waals surface area contributed by atoms with Crippen LogP contribution in [0.3, 0.4) is 0 Å². The van der Waals surface area contributed by atoms with Crippen molar-refractivity contribution in [3.05, 3.63) is 29.8 Å². The summed E-state index contributed by atoms with van der Waals surface area (Å²) in [7, 11) is 0. The molecular weight excluding hydrogens is 210 g/mol. The summed E-state index contributed by atoms with van der Waals surface area (Å²) < 4.78 is 2.46. The Labute approximate surface area is 94.4 Å². The van der Waals surface area contributed by atoms with Gasteiger partial charge in [-0.1, -0.05) is 17.7 Å². The van der Waals surface area contributed by atoms with E-state index in [1.807, 2.05) is 11.9 Å². The Morgan fingerprint density at radius 3 is 2.43 bits per heavy atom. The van der Waals surface area contributed by atoms with E-state index in [0.717, 1.165) is 0 Å². The fourth-order valence-electron chi connectivity index (χ4n) is 1.39. The number of benzene rings is 1. The quantitative estimate of drug-likeness (QED) is 0.712. The van der Waals surface area contributed by atoms with Gasteiger partial charge in [-0.2, -0.15) is 11.8 Å². The van der Waals surface area contributed by atoms with Gasteiger partial charge in [-0.25, -0.2) is 4.31 Å². The summed E-state index contributed by atoms with van der Waals surface area (Å²) in [6.07, 6.45) is 0. The van der Waals surface area contributed by atoms with E-state index in [4.69, 9.17) is 0 Å². The van der Waals surface area contributed by atoms with Gasteiger partial charge in [-0.05, 0) is 31.0 Å². The van der Waals surface area contributed by atoms with Gasteiger partial charge in [0.1, 0.15) is 0 Å². The minimum absolute atomic E-state index is 1.21. The van der Waals surface area contributed by atoms with Gasteiger partial charge >= 0.3 is 0 Å². The summed E-state index contributed by atoms with van der Waals surface area (Å²) in [5.41, 5.74) is 1.34. The molecule has 2 rings (SSSR count). The number of hydrogen-bond donors (Lipinski definition) is 0. The number of rotatable bonds is 2. The maximum absolute atomic E-state index is 2.46. The van der Waals surface area contributed by atoms with E-state index in [0.29, 0.717) is 0 Å². The zero-order chi connectivity index (χ0) is 9.80. The first kappa shape index (κ1) is 10.4. The van der Waals surface area contributed by atoms with Gasteiger partial charge < -0.3 is 0 Å². The Morgan fingerprint density at radius 2 is 1.79 bits per heavy atom. The molecule has 0 unspecified atom stereocenters. The molecule has 14 heavy (non-hydrogen) atoms. The third-order valence-corrected chi connectivity index (χ3v) is 4.27. The van der Waals surface area contributed by atoms with Crippen LogP contribution in [0, 0.1) is 6.92 Å². The Hall–Kier alpha value is -0.120. The maximum atomic E-state index is 2.46. The Balaban J connectivity index is 1.92. The molecule has 0 spiro atoms. The van der Waals surface area contributed by atoms with Gasteiger partial charge in [0.2, 0.25) is 0 Å². The maximum Gasteiger partial charge on any atom is 0.0230 e. The molecule has 0 aromatic heterocycles. The highest BCUT2D eigenvalue weighted by atomic mass is 32.2. The summed E-state index contributed by atoms with van der Waals surface area (Å²) in [4.78, 5) is 1.36. The second-order valence-electron chi connectivity index (χ2n) is 3.45. The van der Waals surface area contributed by atoms with Crippen molar-refractivity contribution in [2.24, 2.45) is 0 Å². The van der Waals surface area contributed by atoms with Crippen molar-refractivity contribution in [3.8, 4) is 0 Å².